The summed E-state index contributed by atoms with van der Waals surface area (Å²) in [6, 6.07) is 0. The predicted octanol–water partition coefficient (Wildman–Crippen LogP) is 8.64. The molecule has 0 aliphatic carbocycles. The highest BCUT2D eigenvalue weighted by Crippen LogP contribution is 1.89. The first-order valence-electron chi connectivity index (χ1n) is 9.24. The van der Waals surface area contributed by atoms with Gasteiger partial charge in [-0.05, 0) is 0 Å². The van der Waals surface area contributed by atoms with Crippen LogP contribution in [0.5, 0.6) is 0 Å². The summed E-state index contributed by atoms with van der Waals surface area (Å²) in [4.78, 5) is 0. The van der Waals surface area contributed by atoms with Crippen molar-refractivity contribution in [2.24, 2.45) is 0 Å². The molecule has 0 saturated heterocycles. The Bertz CT molecular complexity index is 36.8. The lowest BCUT2D eigenvalue weighted by molar-refractivity contribution is 0.772. The van der Waals surface area contributed by atoms with E-state index in [1.54, 1.807) is 0 Å². The van der Waals surface area contributed by atoms with Gasteiger partial charge in [-0.25, -0.2) is 0 Å². The van der Waals surface area contributed by atoms with E-state index in [-0.39, 0.29) is 0 Å². The van der Waals surface area contributed by atoms with Gasteiger partial charge in [0.1, 0.15) is 0 Å². The number of hydrogen-bond donors (Lipinski definition) is 0. The van der Waals surface area contributed by atoms with Crippen molar-refractivity contribution in [2.45, 2.75) is 127 Å². The molecule has 0 heterocycles. The second-order valence-electron chi connectivity index (χ2n) is 4.06. The van der Waals surface area contributed by atoms with E-state index >= 15 is 0 Å². The molecule has 19 heavy (non-hydrogen) atoms. The third-order valence-corrected chi connectivity index (χ3v) is 2.12. The van der Waals surface area contributed by atoms with E-state index < -0.39 is 0 Å². The normalized spacial score (nSPS) is 7.26. The monoisotopic (exact) mass is 276 g/mol. The Labute approximate surface area is 127 Å². The van der Waals surface area contributed by atoms with Gasteiger partial charge in [0.25, 0.3) is 0 Å². The number of unbranched alkanes of at least 4 members (excludes halogenated alkanes) is 6. The second-order valence-corrected chi connectivity index (χ2v) is 4.06. The molecule has 0 aliphatic heterocycles. The van der Waals surface area contributed by atoms with Crippen LogP contribution in [-0.4, -0.2) is 0 Å². The van der Waals surface area contributed by atoms with Gasteiger partial charge in [0.15, 0.2) is 0 Å². The van der Waals surface area contributed by atoms with Crippen molar-refractivity contribution in [1.82, 2.24) is 0 Å². The van der Waals surface area contributed by atoms with E-state index in [2.05, 4.69) is 41.5 Å². The lowest BCUT2D eigenvalue weighted by Gasteiger charge is -1.79. The van der Waals surface area contributed by atoms with Crippen molar-refractivity contribution in [3.63, 3.8) is 0 Å². The standard InChI is InChI=1S/3C5H12.2C2H6/c3*1-3-5-4-2;2*1-2/h3*3-5H2,1-2H3;2*1-2H3. The molecule has 0 aromatic rings. The van der Waals surface area contributed by atoms with Gasteiger partial charge in [-0.1, -0.05) is 127 Å². The molecule has 124 valence electrons. The molecule has 0 radical (unpaired) electrons. The number of rotatable bonds is 6. The molecule has 0 aromatic carbocycles. The topological polar surface area (TPSA) is 0 Å². The van der Waals surface area contributed by atoms with Crippen molar-refractivity contribution < 1.29 is 0 Å². The van der Waals surface area contributed by atoms with E-state index in [1.165, 1.54) is 57.8 Å². The minimum absolute atomic E-state index is 1.34. The highest BCUT2D eigenvalue weighted by atomic mass is 13.8. The first-order valence-corrected chi connectivity index (χ1v) is 9.24. The summed E-state index contributed by atoms with van der Waals surface area (Å²) in [6.07, 6.45) is 12.2. The maximum Gasteiger partial charge on any atom is -0.0538 e. The van der Waals surface area contributed by atoms with Crippen LogP contribution < -0.4 is 0 Å². The van der Waals surface area contributed by atoms with Gasteiger partial charge >= 0.3 is 0 Å². The summed E-state index contributed by atoms with van der Waals surface area (Å²) in [5.74, 6) is 0. The average molecular weight is 277 g/mol. The smallest absolute Gasteiger partial charge is 0.0538 e. The van der Waals surface area contributed by atoms with Gasteiger partial charge in [-0.3, -0.25) is 0 Å². The molecule has 0 fully saturated rings. The highest BCUT2D eigenvalue weighted by Gasteiger charge is 1.69. The van der Waals surface area contributed by atoms with Crippen molar-refractivity contribution in [1.29, 1.82) is 0 Å². The largest absolute Gasteiger partial charge is 0.0683 e. The molecule has 0 spiro atoms. The maximum atomic E-state index is 2.21. The number of hydrogen-bond acceptors (Lipinski definition) is 0. The molecule has 0 saturated carbocycles. The third kappa shape index (κ3) is 128. The second kappa shape index (κ2) is 64.2. The molecular formula is C19H48. The zero-order valence-electron chi connectivity index (χ0n) is 16.4. The molecule has 0 heteroatoms. The van der Waals surface area contributed by atoms with Crippen LogP contribution in [-0.2, 0) is 0 Å². The fourth-order valence-corrected chi connectivity index (χ4v) is 1.06. The van der Waals surface area contributed by atoms with Crippen molar-refractivity contribution >= 4 is 0 Å². The zero-order valence-corrected chi connectivity index (χ0v) is 16.4. The summed E-state index contributed by atoms with van der Waals surface area (Å²) < 4.78 is 0. The Hall–Kier alpha value is 0. The molecular weight excluding hydrogens is 228 g/mol. The Kier molecular flexibility index (Phi) is 106. The summed E-state index contributed by atoms with van der Waals surface area (Å²) in [6.45, 7) is 21.3. The van der Waals surface area contributed by atoms with E-state index in [0.717, 1.165) is 0 Å². The highest BCUT2D eigenvalue weighted by molar-refractivity contribution is 4.25. The maximum absolute atomic E-state index is 2.21. The van der Waals surface area contributed by atoms with Gasteiger partial charge < -0.3 is 0 Å². The van der Waals surface area contributed by atoms with Crippen molar-refractivity contribution in [3.8, 4) is 0 Å². The van der Waals surface area contributed by atoms with Gasteiger partial charge in [-0.15, -0.1) is 0 Å². The lowest BCUT2D eigenvalue weighted by atomic mass is 10.3. The van der Waals surface area contributed by atoms with E-state index in [9.17, 15) is 0 Å². The molecule has 0 nitrogen and oxygen atoms in total. The van der Waals surface area contributed by atoms with Crippen molar-refractivity contribution in [2.75, 3.05) is 0 Å². The Morgan fingerprint density at radius 3 is 0.421 bits per heavy atom. The first-order chi connectivity index (χ1) is 9.24. The Balaban J connectivity index is -0.0000000455. The van der Waals surface area contributed by atoms with E-state index in [0.29, 0.717) is 0 Å². The Morgan fingerprint density at radius 2 is 0.421 bits per heavy atom. The van der Waals surface area contributed by atoms with Crippen LogP contribution >= 0.6 is 0 Å². The van der Waals surface area contributed by atoms with Crippen LogP contribution in [0.25, 0.3) is 0 Å². The molecule has 0 aliphatic rings. The minimum atomic E-state index is 1.34. The van der Waals surface area contributed by atoms with Gasteiger partial charge in [0.2, 0.25) is 0 Å². The molecule has 0 N–H and O–H groups in total. The fraction of sp³-hybridized carbons (Fsp3) is 1.00. The summed E-state index contributed by atoms with van der Waals surface area (Å²) >= 11 is 0. The summed E-state index contributed by atoms with van der Waals surface area (Å²) in [5.41, 5.74) is 0. The average Bonchev–Trinajstić information content (AvgIpc) is 2.47. The van der Waals surface area contributed by atoms with Crippen LogP contribution in [0, 0.1) is 0 Å². The molecule has 0 aromatic heterocycles. The van der Waals surface area contributed by atoms with Crippen molar-refractivity contribution in [3.05, 3.63) is 0 Å². The molecule has 0 amide bonds. The van der Waals surface area contributed by atoms with Gasteiger partial charge in [-0.2, -0.15) is 0 Å². The van der Waals surface area contributed by atoms with Gasteiger partial charge in [0, 0.05) is 0 Å². The fourth-order valence-electron chi connectivity index (χ4n) is 1.06. The van der Waals surface area contributed by atoms with Crippen LogP contribution in [0.3, 0.4) is 0 Å². The predicted molar refractivity (Wildman–Crippen MR) is 98.3 cm³/mol. The summed E-state index contributed by atoms with van der Waals surface area (Å²) in [5, 5.41) is 0. The van der Waals surface area contributed by atoms with Gasteiger partial charge in [0.05, 0.1) is 0 Å². The minimum Gasteiger partial charge on any atom is -0.0683 e. The van der Waals surface area contributed by atoms with Crippen LogP contribution in [0.4, 0.5) is 0 Å². The van der Waals surface area contributed by atoms with Crippen LogP contribution in [0.15, 0.2) is 0 Å². The third-order valence-electron chi connectivity index (χ3n) is 2.12. The molecule has 0 unspecified atom stereocenters. The van der Waals surface area contributed by atoms with E-state index in [1.807, 2.05) is 27.7 Å². The lowest BCUT2D eigenvalue weighted by Crippen LogP contribution is -1.59. The van der Waals surface area contributed by atoms with Crippen LogP contribution in [0.2, 0.25) is 0 Å². The SMILES string of the molecule is CC.CC.CCCCC.CCCCC.CCCCC. The van der Waals surface area contributed by atoms with Crippen LogP contribution in [0.1, 0.15) is 127 Å². The Morgan fingerprint density at radius 1 is 0.316 bits per heavy atom. The molecule has 0 bridgehead atoms. The zero-order chi connectivity index (χ0) is 16.4. The first kappa shape index (κ1) is 31.4. The van der Waals surface area contributed by atoms with E-state index in [4.69, 9.17) is 0 Å². The summed E-state index contributed by atoms with van der Waals surface area (Å²) in [7, 11) is 0. The molecule has 0 rings (SSSR count). The molecule has 0 atom stereocenters. The quantitative estimate of drug-likeness (QED) is 0.455.